The van der Waals surface area contributed by atoms with Gasteiger partial charge in [0.15, 0.2) is 0 Å². The van der Waals surface area contributed by atoms with Crippen molar-refractivity contribution >= 4 is 50.7 Å². The van der Waals surface area contributed by atoms with Crippen molar-refractivity contribution in [3.05, 3.63) is 47.5 Å². The van der Waals surface area contributed by atoms with Gasteiger partial charge in [0.25, 0.3) is 5.91 Å². The molecule has 0 radical (unpaired) electrons. The average Bonchev–Trinajstić information content (AvgIpc) is 2.56. The van der Waals surface area contributed by atoms with Crippen molar-refractivity contribution < 1.29 is 31.5 Å². The van der Waals surface area contributed by atoms with Crippen molar-refractivity contribution in [3.63, 3.8) is 0 Å². The molecule has 29 heavy (non-hydrogen) atoms. The molecule has 0 saturated heterocycles. The van der Waals surface area contributed by atoms with E-state index in [0.29, 0.717) is 22.4 Å². The molecule has 12 heteroatoms. The van der Waals surface area contributed by atoms with Crippen LogP contribution in [0.2, 0.25) is 5.02 Å². The van der Waals surface area contributed by atoms with E-state index in [9.17, 15) is 31.5 Å². The van der Waals surface area contributed by atoms with Crippen LogP contribution in [0.25, 0.3) is 0 Å². The lowest BCUT2D eigenvalue weighted by molar-refractivity contribution is -0.242. The van der Waals surface area contributed by atoms with E-state index in [1.807, 2.05) is 5.32 Å². The summed E-state index contributed by atoms with van der Waals surface area (Å²) in [6, 6.07) is 10.7. The smallest absolute Gasteiger partial charge is 0.373 e. The Kier molecular flexibility index (Phi) is 6.78. The second-order valence-electron chi connectivity index (χ2n) is 6.14. The Morgan fingerprint density at radius 1 is 1.14 bits per heavy atom. The zero-order valence-electron chi connectivity index (χ0n) is 15.0. The first-order valence-corrected chi connectivity index (χ1v) is 10.9. The summed E-state index contributed by atoms with van der Waals surface area (Å²) in [6.45, 7) is 0.339. The van der Waals surface area contributed by atoms with Crippen molar-refractivity contribution in [1.29, 1.82) is 0 Å². The van der Waals surface area contributed by atoms with Crippen molar-refractivity contribution in [2.75, 3.05) is 16.3 Å². The van der Waals surface area contributed by atoms with Gasteiger partial charge in [0.1, 0.15) is 0 Å². The van der Waals surface area contributed by atoms with Gasteiger partial charge in [-0.1, -0.05) is 35.5 Å². The fourth-order valence-corrected chi connectivity index (χ4v) is 3.88. The Hall–Kier alpha value is -1.95. The number of amides is 1. The molecule has 2 rings (SSSR count). The molecule has 0 fully saturated rings. The molecule has 0 aliphatic carbocycles. The van der Waals surface area contributed by atoms with Gasteiger partial charge in [0, 0.05) is 9.79 Å². The van der Waals surface area contributed by atoms with E-state index in [-0.39, 0.29) is 10.7 Å². The molecule has 2 aromatic rings. The molecule has 3 N–H and O–H groups in total. The summed E-state index contributed by atoms with van der Waals surface area (Å²) >= 11 is 7.20. The Morgan fingerprint density at radius 2 is 1.76 bits per heavy atom. The summed E-state index contributed by atoms with van der Waals surface area (Å²) in [5.41, 5.74) is -3.36. The molecule has 0 aromatic heterocycles. The zero-order valence-corrected chi connectivity index (χ0v) is 17.4. The number of aliphatic hydroxyl groups is 1. The third kappa shape index (κ3) is 6.01. The Morgan fingerprint density at radius 3 is 2.31 bits per heavy atom. The van der Waals surface area contributed by atoms with Crippen molar-refractivity contribution in [2.24, 2.45) is 0 Å². The van der Waals surface area contributed by atoms with Crippen LogP contribution in [0, 0.1) is 0 Å². The highest BCUT2D eigenvalue weighted by Crippen LogP contribution is 2.37. The highest BCUT2D eigenvalue weighted by molar-refractivity contribution is 7.99. The van der Waals surface area contributed by atoms with Gasteiger partial charge in [0.2, 0.25) is 15.6 Å². The normalized spacial score (nSPS) is 14.2. The molecule has 2 aromatic carbocycles. The van der Waals surface area contributed by atoms with Crippen LogP contribution < -0.4 is 10.0 Å². The van der Waals surface area contributed by atoms with Crippen LogP contribution in [-0.2, 0) is 14.8 Å². The number of carbonyl (C=O) groups is 1. The maximum absolute atomic E-state index is 12.8. The number of hydrogen-bond acceptors (Lipinski definition) is 5. The summed E-state index contributed by atoms with van der Waals surface area (Å²) in [5, 5.41) is 11.3. The number of benzene rings is 2. The predicted octanol–water partition coefficient (Wildman–Crippen LogP) is 4.11. The van der Waals surface area contributed by atoms with Gasteiger partial charge in [0.05, 0.1) is 22.7 Å². The lowest BCUT2D eigenvalue weighted by Gasteiger charge is -2.25. The first kappa shape index (κ1) is 23.3. The SMILES string of the molecule is C[C@@](O)(C(=O)Nc1ccc(Sc2ccccc2NS(C)(=O)=O)cc1Cl)C(F)(F)F. The molecule has 158 valence electrons. The lowest BCUT2D eigenvalue weighted by atomic mass is 10.1. The van der Waals surface area contributed by atoms with E-state index in [1.54, 1.807) is 24.3 Å². The number of alkyl halides is 3. The van der Waals surface area contributed by atoms with Gasteiger partial charge in [-0.15, -0.1) is 0 Å². The molecule has 0 bridgehead atoms. The molecule has 0 spiro atoms. The average molecular weight is 469 g/mol. The minimum Gasteiger partial charge on any atom is -0.373 e. The number of nitrogens with one attached hydrogen (secondary N) is 2. The molecule has 1 atom stereocenters. The third-order valence-corrected chi connectivity index (χ3v) is 5.56. The minimum absolute atomic E-state index is 0.0603. The molecular formula is C17H16ClF3N2O4S2. The van der Waals surface area contributed by atoms with Crippen LogP contribution in [0.4, 0.5) is 24.5 Å². The fourth-order valence-electron chi connectivity index (χ4n) is 2.00. The van der Waals surface area contributed by atoms with Crippen LogP contribution in [0.5, 0.6) is 0 Å². The minimum atomic E-state index is -5.16. The van der Waals surface area contributed by atoms with Gasteiger partial charge >= 0.3 is 6.18 Å². The van der Waals surface area contributed by atoms with Crippen LogP contribution in [0.3, 0.4) is 0 Å². The Bertz CT molecular complexity index is 1030. The van der Waals surface area contributed by atoms with E-state index in [4.69, 9.17) is 11.6 Å². The van der Waals surface area contributed by atoms with Gasteiger partial charge in [-0.05, 0) is 37.3 Å². The second-order valence-corrected chi connectivity index (χ2v) is 9.41. The largest absolute Gasteiger partial charge is 0.426 e. The molecule has 6 nitrogen and oxygen atoms in total. The molecule has 1 amide bonds. The van der Waals surface area contributed by atoms with E-state index in [1.165, 1.54) is 18.2 Å². The number of halogens is 4. The van der Waals surface area contributed by atoms with Crippen LogP contribution in [0.15, 0.2) is 52.3 Å². The molecule has 0 heterocycles. The first-order valence-electron chi connectivity index (χ1n) is 7.85. The quantitative estimate of drug-likeness (QED) is 0.593. The van der Waals surface area contributed by atoms with Crippen molar-refractivity contribution in [2.45, 2.75) is 28.5 Å². The van der Waals surface area contributed by atoms with Gasteiger partial charge in [-0.2, -0.15) is 13.2 Å². The topological polar surface area (TPSA) is 95.5 Å². The molecule has 0 aliphatic heterocycles. The molecule has 0 aliphatic rings. The second kappa shape index (κ2) is 8.42. The van der Waals surface area contributed by atoms with Crippen molar-refractivity contribution in [1.82, 2.24) is 0 Å². The summed E-state index contributed by atoms with van der Waals surface area (Å²) in [6.07, 6.45) is -4.14. The summed E-state index contributed by atoms with van der Waals surface area (Å²) in [5.74, 6) is -1.67. The fraction of sp³-hybridized carbons (Fsp3) is 0.235. The zero-order chi connectivity index (χ0) is 22.0. The van der Waals surface area contributed by atoms with E-state index in [2.05, 4.69) is 4.72 Å². The van der Waals surface area contributed by atoms with Crippen LogP contribution >= 0.6 is 23.4 Å². The summed E-state index contributed by atoms with van der Waals surface area (Å²) < 4.78 is 63.6. The monoisotopic (exact) mass is 468 g/mol. The molecule has 0 unspecified atom stereocenters. The summed E-state index contributed by atoms with van der Waals surface area (Å²) in [7, 11) is -3.50. The van der Waals surface area contributed by atoms with Gasteiger partial charge in [-0.3, -0.25) is 9.52 Å². The van der Waals surface area contributed by atoms with E-state index >= 15 is 0 Å². The first-order chi connectivity index (χ1) is 13.2. The molecule has 0 saturated carbocycles. The number of hydrogen-bond donors (Lipinski definition) is 3. The summed E-state index contributed by atoms with van der Waals surface area (Å²) in [4.78, 5) is 12.9. The number of rotatable bonds is 6. The highest BCUT2D eigenvalue weighted by atomic mass is 35.5. The van der Waals surface area contributed by atoms with Gasteiger partial charge < -0.3 is 10.4 Å². The number of carbonyl (C=O) groups excluding carboxylic acids is 1. The van der Waals surface area contributed by atoms with Crippen LogP contribution in [0.1, 0.15) is 6.92 Å². The number of sulfonamides is 1. The van der Waals surface area contributed by atoms with Gasteiger partial charge in [-0.25, -0.2) is 8.42 Å². The number of para-hydroxylation sites is 1. The standard InChI is InChI=1S/C17H16ClF3N2O4S2/c1-16(25,17(19,20)21)15(24)22-12-8-7-10(9-11(12)18)28-14-6-4-3-5-13(14)23-29(2,26)27/h3-9,23,25H,1-2H3,(H,22,24)/t16-/m1/s1. The Labute approximate surface area is 174 Å². The van der Waals surface area contributed by atoms with E-state index < -0.39 is 27.7 Å². The maximum Gasteiger partial charge on any atom is 0.426 e. The third-order valence-electron chi connectivity index (χ3n) is 3.59. The van der Waals surface area contributed by atoms with Crippen molar-refractivity contribution in [3.8, 4) is 0 Å². The van der Waals surface area contributed by atoms with E-state index in [0.717, 1.165) is 18.0 Å². The highest BCUT2D eigenvalue weighted by Gasteiger charge is 2.55. The lowest BCUT2D eigenvalue weighted by Crippen LogP contribution is -2.52. The Balaban J connectivity index is 2.22. The maximum atomic E-state index is 12.8. The number of anilines is 2. The predicted molar refractivity (Wildman–Crippen MR) is 106 cm³/mol. The molecular weight excluding hydrogens is 453 g/mol. The van der Waals surface area contributed by atoms with Crippen LogP contribution in [-0.4, -0.2) is 37.5 Å².